The fourth-order valence-electron chi connectivity index (χ4n) is 0. The van der Waals surface area contributed by atoms with E-state index in [2.05, 4.69) is 0 Å². The number of phosphoric acid groups is 1. The SMILES string of the molecule is O=P([O-])([O-])[O-].[Fe+2].[Ga+3]. The van der Waals surface area contributed by atoms with Crippen LogP contribution in [0, 0.1) is 0 Å². The van der Waals surface area contributed by atoms with Crippen molar-refractivity contribution in [3.05, 3.63) is 0 Å². The molecule has 0 bridgehead atoms. The van der Waals surface area contributed by atoms with Gasteiger partial charge in [0, 0.05) is 0 Å². The molecule has 0 unspecified atom stereocenters. The molecule has 0 spiro atoms. The second-order valence-electron chi connectivity index (χ2n) is 0.447. The first-order valence-electron chi connectivity index (χ1n) is 0.730. The molecule has 0 radical (unpaired) electrons. The largest absolute Gasteiger partial charge is 3.00 e. The van der Waals surface area contributed by atoms with E-state index in [0.717, 1.165) is 0 Å². The minimum Gasteiger partial charge on any atom is -0.822 e. The van der Waals surface area contributed by atoms with Crippen LogP contribution in [0.2, 0.25) is 0 Å². The van der Waals surface area contributed by atoms with Crippen molar-refractivity contribution in [2.45, 2.75) is 0 Å². The fourth-order valence-corrected chi connectivity index (χ4v) is 0. The second kappa shape index (κ2) is 5.40. The van der Waals surface area contributed by atoms with Crippen molar-refractivity contribution in [2.75, 3.05) is 0 Å². The summed E-state index contributed by atoms with van der Waals surface area (Å²) in [7, 11) is -5.39. The summed E-state index contributed by atoms with van der Waals surface area (Å²) in [5.74, 6) is 0. The quantitative estimate of drug-likeness (QED) is 0.318. The third-order valence-corrected chi connectivity index (χ3v) is 0. The predicted octanol–water partition coefficient (Wildman–Crippen LogP) is -3.21. The van der Waals surface area contributed by atoms with E-state index in [1.807, 2.05) is 0 Å². The number of hydrogen-bond donors (Lipinski definition) is 0. The molecular formula is FeGaO4P+2. The molecule has 0 fully saturated rings. The molecule has 0 heterocycles. The van der Waals surface area contributed by atoms with Crippen LogP contribution in [0.4, 0.5) is 0 Å². The molecule has 0 atom stereocenters. The molecule has 0 aromatic carbocycles. The van der Waals surface area contributed by atoms with Crippen molar-refractivity contribution in [2.24, 2.45) is 0 Å². The Kier molecular flexibility index (Phi) is 12.1. The van der Waals surface area contributed by atoms with Crippen LogP contribution in [0.3, 0.4) is 0 Å². The molecule has 0 aliphatic heterocycles. The van der Waals surface area contributed by atoms with Crippen LogP contribution in [0.1, 0.15) is 0 Å². The normalized spacial score (nSPS) is 8.43. The molecule has 4 nitrogen and oxygen atoms in total. The van der Waals surface area contributed by atoms with Crippen LogP contribution in [-0.2, 0) is 21.6 Å². The first kappa shape index (κ1) is 15.7. The Hall–Kier alpha value is 1.27. The van der Waals surface area contributed by atoms with E-state index >= 15 is 0 Å². The average Bonchev–Trinajstić information content (AvgIpc) is 0.722. The Morgan fingerprint density at radius 1 is 1.14 bits per heavy atom. The summed E-state index contributed by atoms with van der Waals surface area (Å²) in [4.78, 5) is 25.6. The Morgan fingerprint density at radius 3 is 1.14 bits per heavy atom. The summed E-state index contributed by atoms with van der Waals surface area (Å²) in [5.41, 5.74) is 0. The van der Waals surface area contributed by atoms with E-state index in [1.165, 1.54) is 0 Å². The molecule has 38 valence electrons. The fraction of sp³-hybridized carbons (Fsp3) is 0. The molecule has 0 aliphatic rings. The Morgan fingerprint density at radius 2 is 1.14 bits per heavy atom. The van der Waals surface area contributed by atoms with Gasteiger partial charge in [-0.3, -0.25) is 0 Å². The van der Waals surface area contributed by atoms with E-state index in [1.54, 1.807) is 0 Å². The van der Waals surface area contributed by atoms with E-state index in [0.29, 0.717) is 0 Å². The van der Waals surface area contributed by atoms with Crippen molar-refractivity contribution in [1.29, 1.82) is 0 Å². The van der Waals surface area contributed by atoms with Gasteiger partial charge in [0.25, 0.3) is 0 Å². The van der Waals surface area contributed by atoms with E-state index < -0.39 is 7.82 Å². The van der Waals surface area contributed by atoms with Crippen LogP contribution in [0.5, 0.6) is 0 Å². The molecule has 7 heavy (non-hydrogen) atoms. The van der Waals surface area contributed by atoms with E-state index in [9.17, 15) is 0 Å². The third-order valence-electron chi connectivity index (χ3n) is 0. The molecule has 0 amide bonds. The average molecular weight is 221 g/mol. The van der Waals surface area contributed by atoms with Gasteiger partial charge in [0.2, 0.25) is 0 Å². The van der Waals surface area contributed by atoms with Crippen LogP contribution >= 0.6 is 7.82 Å². The first-order chi connectivity index (χ1) is 2.00. The van der Waals surface area contributed by atoms with Crippen LogP contribution in [0.15, 0.2) is 0 Å². The van der Waals surface area contributed by atoms with Gasteiger partial charge in [-0.25, -0.2) is 0 Å². The maximum Gasteiger partial charge on any atom is 3.00 e. The topological polar surface area (TPSA) is 86.2 Å². The minimum atomic E-state index is -5.39. The van der Waals surface area contributed by atoms with Gasteiger partial charge in [-0.2, -0.15) is 7.82 Å². The third kappa shape index (κ3) is 126. The van der Waals surface area contributed by atoms with Gasteiger partial charge in [-0.05, 0) is 0 Å². The van der Waals surface area contributed by atoms with Gasteiger partial charge in [-0.1, -0.05) is 0 Å². The van der Waals surface area contributed by atoms with Crippen molar-refractivity contribution in [1.82, 2.24) is 0 Å². The monoisotopic (exact) mass is 220 g/mol. The smallest absolute Gasteiger partial charge is 0.822 e. The Bertz CT molecular complexity index is 57.8. The zero-order valence-electron chi connectivity index (χ0n) is 3.01. The summed E-state index contributed by atoms with van der Waals surface area (Å²) in [5, 5.41) is 0. The number of rotatable bonds is 0. The molecule has 0 aromatic heterocycles. The molecule has 0 aliphatic carbocycles. The van der Waals surface area contributed by atoms with E-state index in [4.69, 9.17) is 19.2 Å². The molecule has 0 N–H and O–H groups in total. The summed E-state index contributed by atoms with van der Waals surface area (Å²) in [6, 6.07) is 0. The van der Waals surface area contributed by atoms with Gasteiger partial charge in [0.1, 0.15) is 0 Å². The van der Waals surface area contributed by atoms with Crippen LogP contribution < -0.4 is 14.7 Å². The van der Waals surface area contributed by atoms with Crippen LogP contribution in [-0.4, -0.2) is 19.8 Å². The number of hydrogen-bond acceptors (Lipinski definition) is 4. The van der Waals surface area contributed by atoms with Crippen molar-refractivity contribution in [3.63, 3.8) is 0 Å². The molecule has 0 rings (SSSR count). The zero-order valence-corrected chi connectivity index (χ0v) is 7.43. The summed E-state index contributed by atoms with van der Waals surface area (Å²) in [6.07, 6.45) is 0. The van der Waals surface area contributed by atoms with Crippen molar-refractivity contribution in [3.8, 4) is 0 Å². The maximum atomic E-state index is 8.55. The van der Waals surface area contributed by atoms with E-state index in [-0.39, 0.29) is 36.9 Å². The second-order valence-corrected chi connectivity index (χ2v) is 1.34. The molecule has 0 saturated heterocycles. The van der Waals surface area contributed by atoms with Gasteiger partial charge in [-0.15, -0.1) is 0 Å². The maximum absolute atomic E-state index is 8.55. The predicted molar refractivity (Wildman–Crippen MR) is 13.4 cm³/mol. The summed E-state index contributed by atoms with van der Waals surface area (Å²) < 4.78 is 8.55. The molecule has 0 aromatic rings. The van der Waals surface area contributed by atoms with Crippen molar-refractivity contribution < 1.29 is 36.3 Å². The van der Waals surface area contributed by atoms with Gasteiger partial charge in [0.15, 0.2) is 0 Å². The van der Waals surface area contributed by atoms with Crippen LogP contribution in [0.25, 0.3) is 0 Å². The zero-order chi connectivity index (χ0) is 4.50. The van der Waals surface area contributed by atoms with Gasteiger partial charge >= 0.3 is 36.9 Å². The Balaban J connectivity index is -0.0000000800. The van der Waals surface area contributed by atoms with Crippen molar-refractivity contribution >= 4 is 27.6 Å². The van der Waals surface area contributed by atoms with Gasteiger partial charge in [0.05, 0.1) is 0 Å². The standard InChI is InChI=1S/Fe.Ga.H3O4P/c;;1-5(2,3)4/h;;(H3,1,2,3,4)/q+2;+3;/p-3. The summed E-state index contributed by atoms with van der Waals surface area (Å²) in [6.45, 7) is 0. The van der Waals surface area contributed by atoms with Gasteiger partial charge < -0.3 is 19.2 Å². The first-order valence-corrected chi connectivity index (χ1v) is 2.19. The molecule has 7 heteroatoms. The minimum absolute atomic E-state index is 0. The molecular weight excluding hydrogens is 221 g/mol. The molecule has 0 saturated carbocycles. The summed E-state index contributed by atoms with van der Waals surface area (Å²) >= 11 is 0. The Labute approximate surface area is 64.1 Å².